The van der Waals surface area contributed by atoms with Gasteiger partial charge in [-0.2, -0.15) is 4.58 Å². The van der Waals surface area contributed by atoms with E-state index in [0.717, 1.165) is 32.7 Å². The number of ether oxygens (including phenoxy) is 1. The summed E-state index contributed by atoms with van der Waals surface area (Å²) in [5.41, 5.74) is 4.27. The summed E-state index contributed by atoms with van der Waals surface area (Å²) in [7, 11) is 2.18. The Morgan fingerprint density at radius 2 is 2.22 bits per heavy atom. The van der Waals surface area contributed by atoms with Crippen LogP contribution in [0.15, 0.2) is 24.3 Å². The summed E-state index contributed by atoms with van der Waals surface area (Å²) in [5, 5.41) is 0. The molecule has 0 fully saturated rings. The average Bonchev–Trinajstić information content (AvgIpc) is 2.67. The quantitative estimate of drug-likeness (QED) is 0.737. The van der Waals surface area contributed by atoms with Crippen molar-refractivity contribution in [1.82, 2.24) is 4.90 Å². The Morgan fingerprint density at radius 1 is 1.39 bits per heavy atom. The van der Waals surface area contributed by atoms with Crippen LogP contribution in [0.25, 0.3) is 0 Å². The number of benzene rings is 1. The molecule has 0 N–H and O–H groups in total. The minimum Gasteiger partial charge on any atom is -0.366 e. The molecule has 0 radical (unpaired) electrons. The van der Waals surface area contributed by atoms with Crippen molar-refractivity contribution in [3.05, 3.63) is 29.8 Å². The lowest BCUT2D eigenvalue weighted by Crippen LogP contribution is -2.36. The summed E-state index contributed by atoms with van der Waals surface area (Å²) >= 11 is 0. The lowest BCUT2D eigenvalue weighted by atomic mass is 10.1. The van der Waals surface area contributed by atoms with Crippen LogP contribution in [0.3, 0.4) is 0 Å². The molecule has 1 aromatic carbocycles. The molecule has 2 aliphatic rings. The van der Waals surface area contributed by atoms with E-state index in [9.17, 15) is 0 Å². The molecule has 1 aromatic rings. The zero-order valence-electron chi connectivity index (χ0n) is 11.2. The minimum atomic E-state index is 0.245. The smallest absolute Gasteiger partial charge is 0.209 e. The van der Waals surface area contributed by atoms with Gasteiger partial charge in [-0.05, 0) is 14.0 Å². The molecule has 3 nitrogen and oxygen atoms in total. The van der Waals surface area contributed by atoms with Crippen LogP contribution in [-0.2, 0) is 11.2 Å². The summed E-state index contributed by atoms with van der Waals surface area (Å²) in [4.78, 5) is 2.37. The standard InChI is InChI=1S/C15H21N2O/c1-3-18-15-11-16(2)8-9-17-13-7-5-4-6-12(13)10-14(15)17/h4-7,15H,3,8-11H2,1-2H3/q+1. The fourth-order valence-electron chi connectivity index (χ4n) is 3.02. The van der Waals surface area contributed by atoms with Crippen LogP contribution in [0.1, 0.15) is 12.5 Å². The van der Waals surface area contributed by atoms with Gasteiger partial charge in [0.25, 0.3) is 0 Å². The molecular weight excluding hydrogens is 224 g/mol. The lowest BCUT2D eigenvalue weighted by Gasteiger charge is -2.18. The van der Waals surface area contributed by atoms with Gasteiger partial charge in [-0.25, -0.2) is 0 Å². The molecule has 3 heteroatoms. The average molecular weight is 245 g/mol. The predicted molar refractivity (Wildman–Crippen MR) is 72.9 cm³/mol. The van der Waals surface area contributed by atoms with Crippen LogP contribution >= 0.6 is 0 Å². The molecule has 2 aliphatic heterocycles. The van der Waals surface area contributed by atoms with Gasteiger partial charge in [-0.15, -0.1) is 0 Å². The predicted octanol–water partition coefficient (Wildman–Crippen LogP) is 1.68. The second-order valence-corrected chi connectivity index (χ2v) is 5.15. The Kier molecular flexibility index (Phi) is 3.18. The van der Waals surface area contributed by atoms with Crippen molar-refractivity contribution in [3.63, 3.8) is 0 Å². The highest BCUT2D eigenvalue weighted by Crippen LogP contribution is 2.28. The van der Waals surface area contributed by atoms with Gasteiger partial charge in [-0.1, -0.05) is 18.2 Å². The van der Waals surface area contributed by atoms with Crippen LogP contribution in [0.4, 0.5) is 5.69 Å². The maximum Gasteiger partial charge on any atom is 0.209 e. The molecule has 3 rings (SSSR count). The molecule has 0 amide bonds. The van der Waals surface area contributed by atoms with Gasteiger partial charge < -0.3 is 4.74 Å². The molecule has 0 aliphatic carbocycles. The first kappa shape index (κ1) is 11.9. The summed E-state index contributed by atoms with van der Waals surface area (Å²) < 4.78 is 8.43. The van der Waals surface area contributed by atoms with E-state index in [-0.39, 0.29) is 6.10 Å². The summed E-state index contributed by atoms with van der Waals surface area (Å²) in [6.45, 7) is 6.05. The molecule has 1 unspecified atom stereocenters. The fraction of sp³-hybridized carbons (Fsp3) is 0.533. The largest absolute Gasteiger partial charge is 0.366 e. The van der Waals surface area contributed by atoms with Crippen molar-refractivity contribution in [2.24, 2.45) is 0 Å². The van der Waals surface area contributed by atoms with Crippen LogP contribution in [0, 0.1) is 0 Å². The Bertz CT molecular complexity index is 481. The lowest BCUT2D eigenvalue weighted by molar-refractivity contribution is -0.438. The first-order valence-corrected chi connectivity index (χ1v) is 6.81. The van der Waals surface area contributed by atoms with Crippen molar-refractivity contribution in [2.75, 3.05) is 33.3 Å². The molecule has 18 heavy (non-hydrogen) atoms. The second-order valence-electron chi connectivity index (χ2n) is 5.15. The van der Waals surface area contributed by atoms with Crippen LogP contribution in [0.5, 0.6) is 0 Å². The third kappa shape index (κ3) is 1.98. The number of likely N-dealkylation sites (N-methyl/N-ethyl adjacent to an activating group) is 1. The van der Waals surface area contributed by atoms with Gasteiger partial charge >= 0.3 is 0 Å². The van der Waals surface area contributed by atoms with E-state index >= 15 is 0 Å². The number of para-hydroxylation sites is 1. The highest BCUT2D eigenvalue weighted by Gasteiger charge is 2.37. The van der Waals surface area contributed by atoms with Gasteiger partial charge in [-0.3, -0.25) is 4.90 Å². The first-order valence-electron chi connectivity index (χ1n) is 6.81. The maximum absolute atomic E-state index is 5.96. The number of rotatable bonds is 2. The topological polar surface area (TPSA) is 15.5 Å². The Balaban J connectivity index is 1.98. The number of nitrogens with zero attached hydrogens (tertiary/aromatic N) is 2. The second kappa shape index (κ2) is 4.82. The van der Waals surface area contributed by atoms with E-state index in [0.29, 0.717) is 0 Å². The first-order chi connectivity index (χ1) is 8.79. The van der Waals surface area contributed by atoms with Gasteiger partial charge in [0.2, 0.25) is 5.69 Å². The van der Waals surface area contributed by atoms with Gasteiger partial charge in [0.05, 0.1) is 13.0 Å². The molecule has 2 heterocycles. The highest BCUT2D eigenvalue weighted by molar-refractivity contribution is 5.91. The van der Waals surface area contributed by atoms with Gasteiger partial charge in [0.15, 0.2) is 18.4 Å². The molecule has 0 aromatic heterocycles. The van der Waals surface area contributed by atoms with E-state index in [1.54, 1.807) is 0 Å². The summed E-state index contributed by atoms with van der Waals surface area (Å²) in [6.07, 6.45) is 1.30. The van der Waals surface area contributed by atoms with Crippen molar-refractivity contribution >= 4 is 11.4 Å². The zero-order chi connectivity index (χ0) is 12.5. The number of hydrogen-bond acceptors (Lipinski definition) is 2. The van der Waals surface area contributed by atoms with E-state index in [1.165, 1.54) is 17.0 Å². The van der Waals surface area contributed by atoms with Crippen LogP contribution in [0.2, 0.25) is 0 Å². The Labute approximate surface area is 109 Å². The third-order valence-corrected chi connectivity index (χ3v) is 3.92. The monoisotopic (exact) mass is 245 g/mol. The Hall–Kier alpha value is -1.19. The zero-order valence-corrected chi connectivity index (χ0v) is 11.2. The highest BCUT2D eigenvalue weighted by atomic mass is 16.5. The molecule has 0 bridgehead atoms. The van der Waals surface area contributed by atoms with Gasteiger partial charge in [0, 0.05) is 24.8 Å². The fourth-order valence-corrected chi connectivity index (χ4v) is 3.02. The van der Waals surface area contributed by atoms with Crippen LogP contribution in [-0.4, -0.2) is 54.6 Å². The van der Waals surface area contributed by atoms with Crippen molar-refractivity contribution in [3.8, 4) is 0 Å². The summed E-state index contributed by atoms with van der Waals surface area (Å²) in [6, 6.07) is 8.74. The van der Waals surface area contributed by atoms with Gasteiger partial charge in [0.1, 0.15) is 0 Å². The van der Waals surface area contributed by atoms with E-state index in [1.807, 2.05) is 0 Å². The molecule has 1 atom stereocenters. The molecule has 0 saturated carbocycles. The third-order valence-electron chi connectivity index (χ3n) is 3.92. The van der Waals surface area contributed by atoms with E-state index < -0.39 is 0 Å². The maximum atomic E-state index is 5.96. The number of hydrogen-bond donors (Lipinski definition) is 0. The SMILES string of the molecule is CCOC1CN(C)CC[N+]2=C1Cc1ccccc12. The van der Waals surface area contributed by atoms with E-state index in [2.05, 4.69) is 47.7 Å². The minimum absolute atomic E-state index is 0.245. The molecule has 96 valence electrons. The molecule has 0 saturated heterocycles. The normalized spacial score (nSPS) is 23.8. The van der Waals surface area contributed by atoms with Crippen molar-refractivity contribution in [1.29, 1.82) is 0 Å². The molecule has 0 spiro atoms. The van der Waals surface area contributed by atoms with Crippen LogP contribution < -0.4 is 0 Å². The van der Waals surface area contributed by atoms with E-state index in [4.69, 9.17) is 4.74 Å². The molecular formula is C15H21N2O+. The number of fused-ring (bicyclic) bond motifs is 2. The summed E-state index contributed by atoms with van der Waals surface area (Å²) in [5.74, 6) is 0. The Morgan fingerprint density at radius 3 is 3.06 bits per heavy atom. The van der Waals surface area contributed by atoms with Crippen molar-refractivity contribution in [2.45, 2.75) is 19.4 Å². The van der Waals surface area contributed by atoms with Crippen molar-refractivity contribution < 1.29 is 9.31 Å².